The smallest absolute Gasteiger partial charge is 0.311 e. The molecule has 72 heavy (non-hydrogen) atoms. The second-order valence-corrected chi connectivity index (χ2v) is 23.2. The summed E-state index contributed by atoms with van der Waals surface area (Å²) in [5.74, 6) is -2.75. The standard InChI is InChI=1S/C50H82FIN6O14/c1-14-39-49(9,62)44(60)33(7)56(11)26-28(2)22-50(52,63)45(31(5)42(32(6)46(61)70-39)71-40-24-48(8,67-13)23-30(4)68-40)72-47-41(59)37(21-29(3)69-47)55(10)20-19-35-27-57(54-53-35)38(25-51)43(66-12)34-15-17-36(18-16-34)58(64)65/h15-18,27-33,37-45,47,59-60,62-63H,14,19-26H2,1-13H3/t28-,29-,30+,31+,32-,33-,37+,38-,39-,40+,41-,42+,43-,44-,45-,47+,48+,49-,50-/m1/s1. The Hall–Kier alpha value is -2.59. The average molecular weight is 1140 g/mol. The molecule has 5 rings (SSSR count). The highest BCUT2D eigenvalue weighted by Gasteiger charge is 2.52. The van der Waals surface area contributed by atoms with Crippen LogP contribution < -0.4 is 0 Å². The van der Waals surface area contributed by atoms with Crippen molar-refractivity contribution >= 4 is 34.2 Å². The first-order valence-corrected chi connectivity index (χ1v) is 26.3. The second-order valence-electron chi connectivity index (χ2n) is 21.3. The lowest BCUT2D eigenvalue weighted by molar-refractivity contribution is -0.384. The fraction of sp³-hybridized carbons (Fsp3) is 0.820. The van der Waals surface area contributed by atoms with Gasteiger partial charge in [0.1, 0.15) is 52.4 Å². The minimum absolute atomic E-state index is 0.0993. The monoisotopic (exact) mass is 1140 g/mol. The van der Waals surface area contributed by atoms with Gasteiger partial charge in [0.05, 0.1) is 40.4 Å². The van der Waals surface area contributed by atoms with E-state index in [0.717, 1.165) is 0 Å². The summed E-state index contributed by atoms with van der Waals surface area (Å²) in [5, 5.41) is 68.4. The second kappa shape index (κ2) is 25.5. The van der Waals surface area contributed by atoms with Gasteiger partial charge < -0.3 is 63.4 Å². The Kier molecular flexibility index (Phi) is 21.3. The molecule has 0 amide bonds. The van der Waals surface area contributed by atoms with Crippen LogP contribution in [-0.2, 0) is 44.4 Å². The van der Waals surface area contributed by atoms with Crippen LogP contribution in [0.4, 0.5) is 10.1 Å². The molecule has 3 fully saturated rings. The van der Waals surface area contributed by atoms with Gasteiger partial charge in [0.25, 0.3) is 5.69 Å². The lowest BCUT2D eigenvalue weighted by Gasteiger charge is -2.48. The predicted octanol–water partition coefficient (Wildman–Crippen LogP) is 5.31. The lowest BCUT2D eigenvalue weighted by atomic mass is 9.83. The maximum atomic E-state index is 14.7. The molecule has 22 heteroatoms. The molecule has 4 heterocycles. The van der Waals surface area contributed by atoms with Gasteiger partial charge in [-0.1, -0.05) is 26.0 Å². The number of ether oxygens (including phenoxy) is 7. The summed E-state index contributed by atoms with van der Waals surface area (Å²) in [6, 6.07) is 3.73. The fourth-order valence-electron chi connectivity index (χ4n) is 10.9. The molecule has 1 aromatic carbocycles. The van der Waals surface area contributed by atoms with E-state index < -0.39 is 118 Å². The number of aliphatic hydroxyl groups excluding tert-OH is 2. The summed E-state index contributed by atoms with van der Waals surface area (Å²) < 4.78 is 58.6. The molecule has 0 unspecified atom stereocenters. The first kappa shape index (κ1) is 60.3. The van der Waals surface area contributed by atoms with Crippen LogP contribution in [0.5, 0.6) is 0 Å². The molecule has 19 atom stereocenters. The van der Waals surface area contributed by atoms with E-state index in [1.54, 1.807) is 34.1 Å². The number of nitro groups is 1. The van der Waals surface area contributed by atoms with E-state index >= 15 is 0 Å². The number of carbonyl (C=O) groups excluding carboxylic acids is 1. The van der Waals surface area contributed by atoms with Gasteiger partial charge >= 0.3 is 5.97 Å². The number of nitrogens with zero attached hydrogens (tertiary/aromatic N) is 6. The van der Waals surface area contributed by atoms with Crippen LogP contribution in [0.25, 0.3) is 0 Å². The van der Waals surface area contributed by atoms with Gasteiger partial charge in [-0.25, -0.2) is 9.07 Å². The van der Waals surface area contributed by atoms with E-state index in [-0.39, 0.29) is 30.6 Å². The molecule has 0 bridgehead atoms. The SMILES string of the molecule is CC[C@H]1OC(=O)[C@H](C)[C@@H](O[C@H]2C[C@@](C)(OC)C[C@H](C)O2)[C@H](C)[C@@H](O[C@@H]2O[C@H](C)C[C@H](N(C)CCc3cn([C@H](CF)[C@H](OC)c4ccc([N+](=O)[O-])cc4)nn3)[C@H]2O)[C@@](O)(I)C[C@@H](C)CN(C)[C@H](C)[C@@H](O)[C@]1(C)O. The zero-order chi connectivity index (χ0) is 53.6. The number of aliphatic hydroxyl groups is 4. The summed E-state index contributed by atoms with van der Waals surface area (Å²) in [7, 11) is 6.75. The number of methoxy groups -OCH3 is 2. The van der Waals surface area contributed by atoms with Crippen LogP contribution in [0, 0.1) is 27.9 Å². The molecule has 3 saturated heterocycles. The average Bonchev–Trinajstić information content (AvgIpc) is 3.80. The number of esters is 1. The minimum Gasteiger partial charge on any atom is -0.459 e. The van der Waals surface area contributed by atoms with E-state index in [1.807, 2.05) is 81.1 Å². The summed E-state index contributed by atoms with van der Waals surface area (Å²) in [6.07, 6.45) is -5.67. The number of alkyl halides is 2. The number of non-ortho nitro benzene ring substituents is 1. The third-order valence-electron chi connectivity index (χ3n) is 15.3. The normalized spacial score (nSPS) is 38.9. The molecular weight excluding hydrogens is 1050 g/mol. The first-order chi connectivity index (χ1) is 33.7. The van der Waals surface area contributed by atoms with Crippen LogP contribution in [-0.4, -0.2) is 186 Å². The van der Waals surface area contributed by atoms with Crippen LogP contribution >= 0.6 is 22.6 Å². The number of likely N-dealkylation sites (N-methyl/N-ethyl adjacent to an activating group) is 2. The van der Waals surface area contributed by atoms with Crippen LogP contribution in [0.1, 0.15) is 118 Å². The van der Waals surface area contributed by atoms with Crippen molar-refractivity contribution in [1.82, 2.24) is 24.8 Å². The number of nitro benzene ring substituents is 1. The molecular formula is C50H82FIN6O14. The molecule has 20 nitrogen and oxygen atoms in total. The van der Waals surface area contributed by atoms with Gasteiger partial charge in [0.2, 0.25) is 0 Å². The Morgan fingerprint density at radius 3 is 2.29 bits per heavy atom. The number of aromatic nitrogens is 3. The van der Waals surface area contributed by atoms with Crippen molar-refractivity contribution < 1.29 is 67.7 Å². The molecule has 1 aromatic heterocycles. The van der Waals surface area contributed by atoms with Gasteiger partial charge in [-0.3, -0.25) is 14.9 Å². The molecule has 0 aliphatic carbocycles. The maximum absolute atomic E-state index is 14.7. The first-order valence-electron chi connectivity index (χ1n) is 25.2. The van der Waals surface area contributed by atoms with Gasteiger partial charge in [-0.05, 0) is 121 Å². The molecule has 4 N–H and O–H groups in total. The highest BCUT2D eigenvalue weighted by Crippen LogP contribution is 2.42. The molecule has 2 aromatic rings. The Morgan fingerprint density at radius 1 is 1.03 bits per heavy atom. The molecule has 3 aliphatic heterocycles. The van der Waals surface area contributed by atoms with E-state index in [2.05, 4.69) is 10.3 Å². The quantitative estimate of drug-likeness (QED) is 0.0547. The van der Waals surface area contributed by atoms with Gasteiger partial charge in [-0.15, -0.1) is 5.10 Å². The van der Waals surface area contributed by atoms with Crippen molar-refractivity contribution in [2.45, 2.75) is 195 Å². The number of halogens is 2. The van der Waals surface area contributed by atoms with Crippen molar-refractivity contribution in [2.24, 2.45) is 17.8 Å². The maximum Gasteiger partial charge on any atom is 0.311 e. The number of hydrogen-bond donors (Lipinski definition) is 4. The highest BCUT2D eigenvalue weighted by molar-refractivity contribution is 14.1. The van der Waals surface area contributed by atoms with Crippen molar-refractivity contribution in [1.29, 1.82) is 0 Å². The zero-order valence-electron chi connectivity index (χ0n) is 44.3. The molecule has 3 aliphatic rings. The van der Waals surface area contributed by atoms with Crippen molar-refractivity contribution in [3.8, 4) is 0 Å². The van der Waals surface area contributed by atoms with E-state index in [4.69, 9.17) is 33.2 Å². The molecule has 410 valence electrons. The largest absolute Gasteiger partial charge is 0.459 e. The highest BCUT2D eigenvalue weighted by atomic mass is 127. The van der Waals surface area contributed by atoms with Crippen LogP contribution in [0.15, 0.2) is 30.5 Å². The van der Waals surface area contributed by atoms with E-state index in [1.165, 1.54) is 43.0 Å². The molecule has 0 saturated carbocycles. The van der Waals surface area contributed by atoms with Crippen LogP contribution in [0.3, 0.4) is 0 Å². The minimum atomic E-state index is -1.83. The van der Waals surface area contributed by atoms with E-state index in [0.29, 0.717) is 50.0 Å². The molecule has 0 radical (unpaired) electrons. The number of carbonyl (C=O) groups is 1. The van der Waals surface area contributed by atoms with Gasteiger partial charge in [0, 0.05) is 82.9 Å². The Labute approximate surface area is 437 Å². The number of rotatable bonds is 16. The van der Waals surface area contributed by atoms with Gasteiger partial charge in [-0.2, -0.15) is 0 Å². The Balaban J connectivity index is 1.43. The van der Waals surface area contributed by atoms with Crippen LogP contribution in [0.2, 0.25) is 0 Å². The predicted molar refractivity (Wildman–Crippen MR) is 272 cm³/mol. The lowest BCUT2D eigenvalue weighted by Crippen LogP contribution is -2.59. The Morgan fingerprint density at radius 2 is 1.69 bits per heavy atom. The number of hydrogen-bond acceptors (Lipinski definition) is 18. The number of benzene rings is 1. The van der Waals surface area contributed by atoms with E-state index in [9.17, 15) is 39.7 Å². The summed E-state index contributed by atoms with van der Waals surface area (Å²) >= 11 is 1.99. The molecule has 0 spiro atoms. The number of cyclic esters (lactones) is 1. The summed E-state index contributed by atoms with van der Waals surface area (Å²) in [5.41, 5.74) is -1.45. The summed E-state index contributed by atoms with van der Waals surface area (Å²) in [6.45, 7) is 16.2. The third kappa shape index (κ3) is 14.5. The topological polar surface area (TPSA) is 243 Å². The van der Waals surface area contributed by atoms with Crippen molar-refractivity contribution in [2.75, 3.05) is 48.1 Å². The third-order valence-corrected chi connectivity index (χ3v) is 16.4. The van der Waals surface area contributed by atoms with Crippen molar-refractivity contribution in [3.63, 3.8) is 0 Å². The summed E-state index contributed by atoms with van der Waals surface area (Å²) in [4.78, 5) is 29.1. The zero-order valence-corrected chi connectivity index (χ0v) is 46.5. The van der Waals surface area contributed by atoms with Gasteiger partial charge in [0.15, 0.2) is 12.6 Å². The van der Waals surface area contributed by atoms with Crippen molar-refractivity contribution in [3.05, 3.63) is 51.8 Å². The Bertz CT molecular complexity index is 2040. The fourth-order valence-corrected chi connectivity index (χ4v) is 12.4.